The highest BCUT2D eigenvalue weighted by Gasteiger charge is 2.36. The van der Waals surface area contributed by atoms with E-state index in [4.69, 9.17) is 9.94 Å². The number of carbonyl (C=O) groups is 5. The Morgan fingerprint density at radius 3 is 2.20 bits per heavy atom. The fraction of sp³-hybridized carbons (Fsp3) is 0.828. The maximum atomic E-state index is 13.5. The predicted octanol–water partition coefficient (Wildman–Crippen LogP) is -8.48. The van der Waals surface area contributed by atoms with E-state index >= 15 is 0 Å². The molecule has 0 aromatic carbocycles. The van der Waals surface area contributed by atoms with E-state index < -0.39 is 130 Å². The molecule has 0 bridgehead atoms. The van der Waals surface area contributed by atoms with Crippen LogP contribution in [0.5, 0.6) is 0 Å². The zero-order valence-electron chi connectivity index (χ0n) is 29.1. The Labute approximate surface area is 294 Å². The van der Waals surface area contributed by atoms with Crippen molar-refractivity contribution in [3.8, 4) is 0 Å². The number of aliphatic hydroxyl groups excluding tert-OH is 9. The summed E-state index contributed by atoms with van der Waals surface area (Å²) in [6.45, 7) is -4.99. The number of hydrogen-bond donors (Lipinski definition) is 11. The maximum Gasteiger partial charge on any atom is 0.325 e. The summed E-state index contributed by atoms with van der Waals surface area (Å²) in [6, 6.07) is -1.30. The van der Waals surface area contributed by atoms with Crippen molar-refractivity contribution in [1.29, 1.82) is 0 Å². The van der Waals surface area contributed by atoms with Gasteiger partial charge in [0, 0.05) is 34.2 Å². The van der Waals surface area contributed by atoms with Gasteiger partial charge in [0.1, 0.15) is 55.8 Å². The number of esters is 1. The van der Waals surface area contributed by atoms with Gasteiger partial charge in [-0.2, -0.15) is 5.48 Å². The van der Waals surface area contributed by atoms with Crippen LogP contribution in [0.3, 0.4) is 0 Å². The Hall–Kier alpha value is -3.13. The average Bonchev–Trinajstić information content (AvgIpc) is 3.09. The molecule has 0 radical (unpaired) electrons. The van der Waals surface area contributed by atoms with Crippen LogP contribution < -0.4 is 10.8 Å². The smallest absolute Gasteiger partial charge is 0.325 e. The lowest BCUT2D eigenvalue weighted by Crippen LogP contribution is -2.55. The van der Waals surface area contributed by atoms with E-state index in [9.17, 15) is 64.8 Å². The number of ether oxygens (including phenoxy) is 1. The first-order valence-electron chi connectivity index (χ1n) is 16.1. The molecule has 0 aromatic heterocycles. The van der Waals surface area contributed by atoms with Gasteiger partial charge in [0.05, 0.1) is 45.6 Å². The van der Waals surface area contributed by atoms with Gasteiger partial charge >= 0.3 is 5.97 Å². The minimum absolute atomic E-state index is 0.00220. The monoisotopic (exact) mass is 742 g/mol. The van der Waals surface area contributed by atoms with Crippen LogP contribution in [-0.4, -0.2) is 237 Å². The topological polar surface area (TPSA) is 323 Å². The number of nitrogens with one attached hydrogen (secondary N) is 2. The van der Waals surface area contributed by atoms with E-state index in [2.05, 4.69) is 15.5 Å². The third kappa shape index (κ3) is 15.2. The fourth-order valence-electron chi connectivity index (χ4n) is 4.91. The van der Waals surface area contributed by atoms with Gasteiger partial charge in [0.2, 0.25) is 23.6 Å². The first-order chi connectivity index (χ1) is 23.9. The van der Waals surface area contributed by atoms with E-state index in [0.29, 0.717) is 0 Å². The molecule has 11 N–H and O–H groups in total. The number of likely N-dealkylation sites (N-methyl/N-ethyl adjacent to an activating group) is 3. The lowest BCUT2D eigenvalue weighted by atomic mass is 10.0. The third-order valence-electron chi connectivity index (χ3n) is 8.15. The van der Waals surface area contributed by atoms with Crippen molar-refractivity contribution in [3.63, 3.8) is 0 Å². The molecule has 296 valence electrons. The number of β-amino-alcohol motifs (C(OH)–C–C–N with tert-alkyl or cyclic N) is 2. The molecule has 22 heteroatoms. The average molecular weight is 743 g/mol. The van der Waals surface area contributed by atoms with Crippen LogP contribution >= 0.6 is 0 Å². The van der Waals surface area contributed by atoms with Crippen LogP contribution in [-0.2, 0) is 33.5 Å². The number of hydroxylamine groups is 1. The molecule has 1 heterocycles. The summed E-state index contributed by atoms with van der Waals surface area (Å²) in [5.41, 5.74) is 2.21. The number of methoxy groups -OCH3 is 1. The first-order valence-corrected chi connectivity index (χ1v) is 16.1. The minimum atomic E-state index is -2.00. The summed E-state index contributed by atoms with van der Waals surface area (Å²) in [4.78, 5) is 72.7. The Morgan fingerprint density at radius 2 is 1.61 bits per heavy atom. The van der Waals surface area contributed by atoms with Crippen molar-refractivity contribution in [2.45, 2.75) is 67.7 Å². The lowest BCUT2D eigenvalue weighted by molar-refractivity contribution is -0.165. The molecule has 4 amide bonds. The zero-order chi connectivity index (χ0) is 39.0. The van der Waals surface area contributed by atoms with Crippen molar-refractivity contribution in [1.82, 2.24) is 30.4 Å². The molecular weight excluding hydrogens is 688 g/mol. The third-order valence-corrected chi connectivity index (χ3v) is 8.15. The molecule has 9 atom stereocenters. The second-order valence-corrected chi connectivity index (χ2v) is 12.3. The van der Waals surface area contributed by atoms with Gasteiger partial charge in [-0.15, -0.1) is 0 Å². The summed E-state index contributed by atoms with van der Waals surface area (Å²) >= 11 is 0. The van der Waals surface area contributed by atoms with E-state index in [1.807, 2.05) is 0 Å². The molecule has 1 aliphatic rings. The molecule has 1 unspecified atom stereocenters. The second-order valence-electron chi connectivity index (χ2n) is 12.3. The van der Waals surface area contributed by atoms with Crippen molar-refractivity contribution < 1.29 is 79.5 Å². The standard InChI is InChI=1S/C29H54N6O16/c1-32-11-21(41)31-16(29(49)34(3)12-23(43)33(2)13-24(44)50-4)6-5-7-35(9-17(38)25(45)27(47)19(40)14-36)10-18(39)26(46)28(48)20(15-37)51-30-8-22(32)42/h16-20,25-28,30,36-40,45-48H,5-15H2,1-4H3,(H,31,41)/t16?,17-,18-,19+,20+,25+,26+,27+,28+/m0/s1. The van der Waals surface area contributed by atoms with Crippen LogP contribution in [0.25, 0.3) is 0 Å². The van der Waals surface area contributed by atoms with E-state index in [1.54, 1.807) is 0 Å². The fourth-order valence-corrected chi connectivity index (χ4v) is 4.91. The molecule has 0 saturated carbocycles. The van der Waals surface area contributed by atoms with Gasteiger partial charge in [0.25, 0.3) is 0 Å². The van der Waals surface area contributed by atoms with Crippen molar-refractivity contribution >= 4 is 29.6 Å². The van der Waals surface area contributed by atoms with Gasteiger partial charge in [-0.25, -0.2) is 0 Å². The van der Waals surface area contributed by atoms with Crippen molar-refractivity contribution in [2.24, 2.45) is 0 Å². The Bertz CT molecular complexity index is 1120. The van der Waals surface area contributed by atoms with E-state index in [0.717, 1.165) is 21.8 Å². The molecule has 0 spiro atoms. The number of hydrogen-bond acceptors (Lipinski definition) is 18. The number of carbonyl (C=O) groups excluding carboxylic acids is 5. The van der Waals surface area contributed by atoms with Gasteiger partial charge in [-0.05, 0) is 19.4 Å². The highest BCUT2D eigenvalue weighted by Crippen LogP contribution is 2.14. The summed E-state index contributed by atoms with van der Waals surface area (Å²) in [5, 5.41) is 94.2. The Balaban J connectivity index is 3.36. The number of rotatable bonds is 12. The largest absolute Gasteiger partial charge is 0.468 e. The van der Waals surface area contributed by atoms with E-state index in [1.165, 1.54) is 26.0 Å². The Morgan fingerprint density at radius 1 is 0.980 bits per heavy atom. The number of amides is 4. The molecule has 0 aliphatic carbocycles. The van der Waals surface area contributed by atoms with E-state index in [-0.39, 0.29) is 25.9 Å². The predicted molar refractivity (Wildman–Crippen MR) is 172 cm³/mol. The molecule has 22 nitrogen and oxygen atoms in total. The normalized spacial score (nSPS) is 26.1. The van der Waals surface area contributed by atoms with Gasteiger partial charge in [0.15, 0.2) is 0 Å². The van der Waals surface area contributed by atoms with Crippen molar-refractivity contribution in [3.05, 3.63) is 0 Å². The SMILES string of the molecule is COC(=O)CN(C)C(=O)CN(C)C(=O)C1CCCN(C[C@H](O)[C@@H](O)[C@H](O)[C@H](O)CO)C[C@H](O)[C@@H](O)[C@H](O)[C@@H](CO)ONCC(=O)N(C)CC(=O)N1. The molecule has 1 saturated heterocycles. The first kappa shape index (κ1) is 45.9. The minimum Gasteiger partial charge on any atom is -0.468 e. The van der Waals surface area contributed by atoms with Crippen LogP contribution in [0.15, 0.2) is 0 Å². The molecule has 1 rings (SSSR count). The van der Waals surface area contributed by atoms with Gasteiger partial charge < -0.3 is 70.7 Å². The number of aliphatic hydroxyl groups is 9. The van der Waals surface area contributed by atoms with Crippen LogP contribution in [0.4, 0.5) is 0 Å². The number of nitrogens with zero attached hydrogens (tertiary/aromatic N) is 4. The molecule has 1 fully saturated rings. The highest BCUT2D eigenvalue weighted by molar-refractivity contribution is 5.92. The lowest BCUT2D eigenvalue weighted by Gasteiger charge is -2.34. The Kier molecular flexibility index (Phi) is 20.5. The van der Waals surface area contributed by atoms with Crippen LogP contribution in [0.2, 0.25) is 0 Å². The summed E-state index contributed by atoms with van der Waals surface area (Å²) in [6.07, 6.45) is -15.0. The van der Waals surface area contributed by atoms with Crippen molar-refractivity contribution in [2.75, 3.05) is 87.3 Å². The zero-order valence-corrected chi connectivity index (χ0v) is 29.1. The molecule has 51 heavy (non-hydrogen) atoms. The second kappa shape index (κ2) is 22.7. The summed E-state index contributed by atoms with van der Waals surface area (Å²) in [5.74, 6) is -3.53. The molecule has 0 aromatic rings. The van der Waals surface area contributed by atoms with Crippen LogP contribution in [0, 0.1) is 0 Å². The molecule has 1 aliphatic heterocycles. The summed E-state index contributed by atoms with van der Waals surface area (Å²) in [7, 11) is 5.01. The van der Waals surface area contributed by atoms with Gasteiger partial charge in [-0.3, -0.25) is 33.7 Å². The van der Waals surface area contributed by atoms with Crippen LogP contribution in [0.1, 0.15) is 12.8 Å². The summed E-state index contributed by atoms with van der Waals surface area (Å²) < 4.78 is 4.54. The highest BCUT2D eigenvalue weighted by atomic mass is 16.7. The quantitative estimate of drug-likeness (QED) is 0.0827. The van der Waals surface area contributed by atoms with Gasteiger partial charge in [-0.1, -0.05) is 0 Å². The molecular formula is C29H54N6O16. The maximum absolute atomic E-state index is 13.5.